The van der Waals surface area contributed by atoms with Crippen LogP contribution in [0, 0.1) is 41.5 Å². The molecule has 0 amide bonds. The molecule has 0 N–H and O–H groups in total. The molecule has 0 heteroatoms. The Morgan fingerprint density at radius 3 is 0.692 bits per heavy atom. The number of benzene rings is 5. The van der Waals surface area contributed by atoms with Gasteiger partial charge in [-0.25, -0.2) is 0 Å². The number of aryl methyl sites for hydroxylation is 6. The van der Waals surface area contributed by atoms with Gasteiger partial charge in [-0.2, -0.15) is 0 Å². The Hall–Kier alpha value is -3.90. The lowest BCUT2D eigenvalue weighted by molar-refractivity contribution is 1.18. The molecular weight excluding hydrogens is 468 g/mol. The second-order valence-corrected chi connectivity index (χ2v) is 10.0. The van der Waals surface area contributed by atoms with Gasteiger partial charge < -0.3 is 0 Å². The van der Waals surface area contributed by atoms with E-state index in [2.05, 4.69) is 163 Å². The van der Waals surface area contributed by atoms with E-state index in [0.717, 1.165) is 6.42 Å². The number of hydrogen-bond acceptors (Lipinski definition) is 0. The SMILES string of the molecule is C.C.Cc1ccc(-c2ccc(C)cc2)cc1.Cc1ccc(C)cc1.Cc1ccc(Cc2ccc(C)cc2)cc1. The molecule has 0 spiro atoms. The molecule has 0 saturated heterocycles. The van der Waals surface area contributed by atoms with Gasteiger partial charge in [-0.05, 0) is 70.2 Å². The fourth-order valence-corrected chi connectivity index (χ4v) is 3.78. The second-order valence-electron chi connectivity index (χ2n) is 10.0. The van der Waals surface area contributed by atoms with E-state index in [4.69, 9.17) is 0 Å². The Labute approximate surface area is 239 Å². The molecule has 0 unspecified atom stereocenters. The van der Waals surface area contributed by atoms with E-state index in [9.17, 15) is 0 Å². The third-order valence-electron chi connectivity index (χ3n) is 6.30. The Kier molecular flexibility index (Phi) is 14.3. The maximum atomic E-state index is 2.20. The van der Waals surface area contributed by atoms with Crippen molar-refractivity contribution in [2.75, 3.05) is 0 Å². The van der Waals surface area contributed by atoms with E-state index >= 15 is 0 Å². The lowest BCUT2D eigenvalue weighted by Crippen LogP contribution is -1.88. The molecule has 5 aromatic carbocycles. The van der Waals surface area contributed by atoms with Gasteiger partial charge in [0.15, 0.2) is 0 Å². The molecule has 0 bridgehead atoms. The molecule has 0 aromatic heterocycles. The Morgan fingerprint density at radius 2 is 0.462 bits per heavy atom. The zero-order valence-electron chi connectivity index (χ0n) is 23.3. The van der Waals surface area contributed by atoms with Crippen LogP contribution in [-0.2, 0) is 6.42 Å². The molecule has 0 saturated carbocycles. The summed E-state index contributed by atoms with van der Waals surface area (Å²) in [6.07, 6.45) is 1.03. The predicted octanol–water partition coefficient (Wildman–Crippen LogP) is 11.4. The minimum absolute atomic E-state index is 0. The molecule has 39 heavy (non-hydrogen) atoms. The number of rotatable bonds is 3. The smallest absolute Gasteiger partial charge is 0.00258 e. The first-order chi connectivity index (χ1) is 17.8. The summed E-state index contributed by atoms with van der Waals surface area (Å²) in [5.74, 6) is 0. The molecule has 0 aliphatic carbocycles. The van der Waals surface area contributed by atoms with Crippen LogP contribution >= 0.6 is 0 Å². The molecule has 0 nitrogen and oxygen atoms in total. The van der Waals surface area contributed by atoms with Crippen molar-refractivity contribution in [3.63, 3.8) is 0 Å². The molecule has 5 rings (SSSR count). The monoisotopic (exact) mass is 516 g/mol. The standard InChI is InChI=1S/C15H16.C14H14.C8H10.2CH4/c1-12-3-7-14(8-4-12)11-15-9-5-13(2)6-10-15;1-11-3-7-13(8-4-11)14-9-5-12(2)6-10-14;1-7-3-5-8(2)6-4-7;;/h3-10H,11H2,1-2H3;3-10H,1-2H3;3-6H,1-2H3;2*1H4. The van der Waals surface area contributed by atoms with Crippen molar-refractivity contribution < 1.29 is 0 Å². The van der Waals surface area contributed by atoms with E-state index in [-0.39, 0.29) is 14.9 Å². The van der Waals surface area contributed by atoms with Crippen LogP contribution in [-0.4, -0.2) is 0 Å². The molecule has 0 aliphatic rings. The van der Waals surface area contributed by atoms with Gasteiger partial charge in [0.1, 0.15) is 0 Å². The molecule has 0 radical (unpaired) electrons. The first kappa shape index (κ1) is 33.1. The van der Waals surface area contributed by atoms with Crippen molar-refractivity contribution in [2.24, 2.45) is 0 Å². The first-order valence-corrected chi connectivity index (χ1v) is 13.1. The van der Waals surface area contributed by atoms with Gasteiger partial charge in [0, 0.05) is 0 Å². The molecule has 5 aromatic rings. The summed E-state index contributed by atoms with van der Waals surface area (Å²) >= 11 is 0. The topological polar surface area (TPSA) is 0 Å². The van der Waals surface area contributed by atoms with Crippen LogP contribution in [0.2, 0.25) is 0 Å². The highest BCUT2D eigenvalue weighted by Crippen LogP contribution is 2.19. The van der Waals surface area contributed by atoms with E-state index in [1.807, 2.05) is 0 Å². The average molecular weight is 517 g/mol. The van der Waals surface area contributed by atoms with Crippen molar-refractivity contribution in [1.82, 2.24) is 0 Å². The van der Waals surface area contributed by atoms with E-state index in [1.54, 1.807) is 0 Å². The third kappa shape index (κ3) is 12.0. The maximum Gasteiger partial charge on any atom is -0.00258 e. The van der Waals surface area contributed by atoms with Crippen LogP contribution in [0.1, 0.15) is 59.4 Å². The van der Waals surface area contributed by atoms with Gasteiger partial charge in [0.2, 0.25) is 0 Å². The highest BCUT2D eigenvalue weighted by molar-refractivity contribution is 5.63. The fourth-order valence-electron chi connectivity index (χ4n) is 3.78. The van der Waals surface area contributed by atoms with Crippen LogP contribution in [0.4, 0.5) is 0 Å². The Bertz CT molecular complexity index is 1210. The van der Waals surface area contributed by atoms with Gasteiger partial charge in [0.25, 0.3) is 0 Å². The van der Waals surface area contributed by atoms with Crippen molar-refractivity contribution >= 4 is 0 Å². The quantitative estimate of drug-likeness (QED) is 0.224. The molecule has 0 fully saturated rings. The summed E-state index contributed by atoms with van der Waals surface area (Å²) in [7, 11) is 0. The van der Waals surface area contributed by atoms with Crippen molar-refractivity contribution in [3.8, 4) is 11.1 Å². The van der Waals surface area contributed by atoms with Gasteiger partial charge in [-0.3, -0.25) is 0 Å². The summed E-state index contributed by atoms with van der Waals surface area (Å²) in [6.45, 7) is 12.7. The zero-order chi connectivity index (χ0) is 26.6. The van der Waals surface area contributed by atoms with Crippen LogP contribution in [0.25, 0.3) is 11.1 Å². The van der Waals surface area contributed by atoms with E-state index < -0.39 is 0 Å². The zero-order valence-corrected chi connectivity index (χ0v) is 23.3. The first-order valence-electron chi connectivity index (χ1n) is 13.1. The summed E-state index contributed by atoms with van der Waals surface area (Å²) < 4.78 is 0. The third-order valence-corrected chi connectivity index (χ3v) is 6.30. The van der Waals surface area contributed by atoms with Gasteiger partial charge in [-0.15, -0.1) is 0 Å². The molecule has 204 valence electrons. The van der Waals surface area contributed by atoms with Crippen LogP contribution in [0.15, 0.2) is 121 Å². The summed E-state index contributed by atoms with van der Waals surface area (Å²) in [5, 5.41) is 0. The largest absolute Gasteiger partial charge is 0.0776 e. The minimum Gasteiger partial charge on any atom is -0.0776 e. The highest BCUT2D eigenvalue weighted by Gasteiger charge is 1.96. The summed E-state index contributed by atoms with van der Waals surface area (Å²) in [5.41, 5.74) is 13.2. The second kappa shape index (κ2) is 16.8. The van der Waals surface area contributed by atoms with Crippen molar-refractivity contribution in [1.29, 1.82) is 0 Å². The van der Waals surface area contributed by atoms with Crippen LogP contribution < -0.4 is 0 Å². The molecule has 0 heterocycles. The lowest BCUT2D eigenvalue weighted by atomic mass is 10.0. The summed E-state index contributed by atoms with van der Waals surface area (Å²) in [6, 6.07) is 43.2. The van der Waals surface area contributed by atoms with E-state index in [1.165, 1.54) is 55.6 Å². The highest BCUT2D eigenvalue weighted by atomic mass is 14.0. The maximum absolute atomic E-state index is 2.20. The van der Waals surface area contributed by atoms with Gasteiger partial charge in [-0.1, -0.05) is 170 Å². The average Bonchev–Trinajstić information content (AvgIpc) is 2.90. The predicted molar refractivity (Wildman–Crippen MR) is 176 cm³/mol. The Balaban J connectivity index is 0.000000297. The van der Waals surface area contributed by atoms with E-state index in [0.29, 0.717) is 0 Å². The normalized spacial score (nSPS) is 9.49. The van der Waals surface area contributed by atoms with Crippen LogP contribution in [0.5, 0.6) is 0 Å². The lowest BCUT2D eigenvalue weighted by Gasteiger charge is -2.03. The minimum atomic E-state index is 0. The number of hydrogen-bond donors (Lipinski definition) is 0. The van der Waals surface area contributed by atoms with Crippen molar-refractivity contribution in [2.45, 2.75) is 62.8 Å². The molecule has 0 aliphatic heterocycles. The fraction of sp³-hybridized carbons (Fsp3) is 0.231. The molecular formula is C39H48. The van der Waals surface area contributed by atoms with Crippen LogP contribution in [0.3, 0.4) is 0 Å². The Morgan fingerprint density at radius 1 is 0.282 bits per heavy atom. The summed E-state index contributed by atoms with van der Waals surface area (Å²) in [4.78, 5) is 0. The molecule has 0 atom stereocenters. The van der Waals surface area contributed by atoms with Gasteiger partial charge in [0.05, 0.1) is 0 Å². The van der Waals surface area contributed by atoms with Gasteiger partial charge >= 0.3 is 0 Å². The van der Waals surface area contributed by atoms with Crippen molar-refractivity contribution in [3.05, 3.63) is 166 Å².